The molecule has 1 aromatic heterocycles. The van der Waals surface area contributed by atoms with E-state index in [1.54, 1.807) is 22.9 Å². The Morgan fingerprint density at radius 2 is 1.61 bits per heavy atom. The molecule has 0 saturated carbocycles. The first-order valence-corrected chi connectivity index (χ1v) is 11.0. The summed E-state index contributed by atoms with van der Waals surface area (Å²) >= 11 is 12.3. The molecule has 1 heterocycles. The normalized spacial score (nSPS) is 11.0. The molecule has 0 bridgehead atoms. The number of nitrogens with one attached hydrogen (secondary N) is 1. The lowest BCUT2D eigenvalue weighted by molar-refractivity contribution is 0.101. The van der Waals surface area contributed by atoms with Crippen molar-refractivity contribution in [3.05, 3.63) is 106 Å². The largest absolute Gasteiger partial charge is 0.319 e. The first-order chi connectivity index (χ1) is 16.0. The Bertz CT molecular complexity index is 1490. The van der Waals surface area contributed by atoms with Gasteiger partial charge in [-0.2, -0.15) is 0 Å². The van der Waals surface area contributed by atoms with Gasteiger partial charge in [0.05, 0.1) is 15.7 Å². The van der Waals surface area contributed by atoms with E-state index in [0.29, 0.717) is 27.2 Å². The molecule has 0 aliphatic rings. The Morgan fingerprint density at radius 3 is 2.36 bits per heavy atom. The zero-order chi connectivity index (χ0) is 22.9. The van der Waals surface area contributed by atoms with E-state index in [0.717, 1.165) is 21.9 Å². The maximum Gasteiger partial charge on any atom is 0.295 e. The maximum absolute atomic E-state index is 13.1. The van der Waals surface area contributed by atoms with Gasteiger partial charge >= 0.3 is 0 Å². The van der Waals surface area contributed by atoms with Crippen LogP contribution in [0.1, 0.15) is 16.2 Å². The van der Waals surface area contributed by atoms with E-state index in [-0.39, 0.29) is 5.82 Å². The third-order valence-electron chi connectivity index (χ3n) is 5.28. The van der Waals surface area contributed by atoms with E-state index >= 15 is 0 Å². The third-order valence-corrected chi connectivity index (χ3v) is 6.01. The molecule has 4 aromatic carbocycles. The van der Waals surface area contributed by atoms with Crippen LogP contribution in [0.2, 0.25) is 10.0 Å². The second kappa shape index (κ2) is 8.70. The molecular weight excluding hydrogens is 455 g/mol. The SMILES string of the molecule is Cc1ccc(-c2nc(C(=O)Nc3ccc4ccccc4c3)nn2-c2ccc(Cl)c(Cl)c2)cc1. The molecule has 5 rings (SSSR count). The third kappa shape index (κ3) is 4.33. The van der Waals surface area contributed by atoms with Crippen molar-refractivity contribution in [2.75, 3.05) is 5.32 Å². The van der Waals surface area contributed by atoms with E-state index in [2.05, 4.69) is 15.4 Å². The van der Waals surface area contributed by atoms with Crippen molar-refractivity contribution in [2.24, 2.45) is 0 Å². The molecule has 0 saturated heterocycles. The molecule has 162 valence electrons. The Morgan fingerprint density at radius 1 is 0.848 bits per heavy atom. The molecule has 0 atom stereocenters. The second-order valence-electron chi connectivity index (χ2n) is 7.65. The summed E-state index contributed by atoms with van der Waals surface area (Å²) < 4.78 is 1.60. The van der Waals surface area contributed by atoms with Gasteiger partial charge < -0.3 is 5.32 Å². The van der Waals surface area contributed by atoms with Crippen molar-refractivity contribution >= 4 is 45.6 Å². The molecule has 5 nitrogen and oxygen atoms in total. The summed E-state index contributed by atoms with van der Waals surface area (Å²) in [7, 11) is 0. The highest BCUT2D eigenvalue weighted by molar-refractivity contribution is 6.42. The summed E-state index contributed by atoms with van der Waals surface area (Å²) in [4.78, 5) is 17.6. The number of aryl methyl sites for hydroxylation is 1. The number of fused-ring (bicyclic) bond motifs is 1. The number of carbonyl (C=O) groups is 1. The quantitative estimate of drug-likeness (QED) is 0.307. The highest BCUT2D eigenvalue weighted by Crippen LogP contribution is 2.28. The molecule has 1 amide bonds. The predicted molar refractivity (Wildman–Crippen MR) is 133 cm³/mol. The standard InChI is InChI=1S/C26H18Cl2N4O/c1-16-6-8-18(9-7-16)25-30-24(31-32(25)21-12-13-22(27)23(28)15-21)26(33)29-20-11-10-17-4-2-3-5-19(17)14-20/h2-15H,1H3,(H,29,33). The highest BCUT2D eigenvalue weighted by atomic mass is 35.5. The van der Waals surface area contributed by atoms with Gasteiger partial charge in [0.25, 0.3) is 5.91 Å². The molecule has 33 heavy (non-hydrogen) atoms. The van der Waals surface area contributed by atoms with Crippen LogP contribution >= 0.6 is 23.2 Å². The van der Waals surface area contributed by atoms with Gasteiger partial charge in [0.2, 0.25) is 5.82 Å². The number of aromatic nitrogens is 3. The fraction of sp³-hybridized carbons (Fsp3) is 0.0385. The molecule has 1 N–H and O–H groups in total. The van der Waals surface area contributed by atoms with Gasteiger partial charge in [-0.05, 0) is 48.0 Å². The Balaban J connectivity index is 1.54. The molecule has 0 unspecified atom stereocenters. The van der Waals surface area contributed by atoms with Gasteiger partial charge in [-0.1, -0.05) is 83.4 Å². The summed E-state index contributed by atoms with van der Waals surface area (Å²) in [5.74, 6) is 0.166. The zero-order valence-electron chi connectivity index (χ0n) is 17.6. The zero-order valence-corrected chi connectivity index (χ0v) is 19.1. The van der Waals surface area contributed by atoms with Crippen LogP contribution in [0.25, 0.3) is 27.8 Å². The lowest BCUT2D eigenvalue weighted by Crippen LogP contribution is -2.14. The summed E-state index contributed by atoms with van der Waals surface area (Å²) in [5, 5.41) is 10.4. The molecule has 0 radical (unpaired) electrons. The molecule has 5 aromatic rings. The second-order valence-corrected chi connectivity index (χ2v) is 8.47. The monoisotopic (exact) mass is 472 g/mol. The van der Waals surface area contributed by atoms with E-state index < -0.39 is 5.91 Å². The number of nitrogens with zero attached hydrogens (tertiary/aromatic N) is 3. The van der Waals surface area contributed by atoms with Crippen LogP contribution in [0.4, 0.5) is 5.69 Å². The number of halogens is 2. The van der Waals surface area contributed by atoms with Crippen molar-refractivity contribution in [1.29, 1.82) is 0 Å². The van der Waals surface area contributed by atoms with Crippen LogP contribution in [0.3, 0.4) is 0 Å². The minimum absolute atomic E-state index is 0.0461. The van der Waals surface area contributed by atoms with Crippen LogP contribution < -0.4 is 5.32 Å². The summed E-state index contributed by atoms with van der Waals surface area (Å²) in [6.07, 6.45) is 0. The first-order valence-electron chi connectivity index (χ1n) is 10.3. The minimum atomic E-state index is -0.405. The van der Waals surface area contributed by atoms with Gasteiger partial charge in [-0.15, -0.1) is 5.10 Å². The fourth-order valence-corrected chi connectivity index (χ4v) is 3.84. The van der Waals surface area contributed by atoms with Crippen molar-refractivity contribution in [2.45, 2.75) is 6.92 Å². The maximum atomic E-state index is 13.1. The Hall–Kier alpha value is -3.67. The van der Waals surface area contributed by atoms with Crippen LogP contribution in [0.5, 0.6) is 0 Å². The number of benzene rings is 4. The summed E-state index contributed by atoms with van der Waals surface area (Å²) in [5.41, 5.74) is 3.26. The van der Waals surface area contributed by atoms with Crippen molar-refractivity contribution in [3.8, 4) is 17.1 Å². The number of hydrogen-bond donors (Lipinski definition) is 1. The topological polar surface area (TPSA) is 59.8 Å². The smallest absolute Gasteiger partial charge is 0.295 e. The van der Waals surface area contributed by atoms with Gasteiger partial charge in [0, 0.05) is 11.3 Å². The van der Waals surface area contributed by atoms with Gasteiger partial charge in [0.1, 0.15) is 0 Å². The van der Waals surface area contributed by atoms with Gasteiger partial charge in [-0.3, -0.25) is 4.79 Å². The van der Waals surface area contributed by atoms with Crippen LogP contribution in [0, 0.1) is 6.92 Å². The minimum Gasteiger partial charge on any atom is -0.319 e. The molecule has 0 aliphatic heterocycles. The first kappa shape index (κ1) is 21.2. The molecule has 7 heteroatoms. The number of anilines is 1. The molecule has 0 spiro atoms. The fourth-order valence-electron chi connectivity index (χ4n) is 3.55. The average molecular weight is 473 g/mol. The lowest BCUT2D eigenvalue weighted by atomic mass is 10.1. The number of hydrogen-bond acceptors (Lipinski definition) is 3. The van der Waals surface area contributed by atoms with E-state index in [9.17, 15) is 4.79 Å². The highest BCUT2D eigenvalue weighted by Gasteiger charge is 2.19. The van der Waals surface area contributed by atoms with Crippen LogP contribution in [-0.4, -0.2) is 20.7 Å². The van der Waals surface area contributed by atoms with Gasteiger partial charge in [-0.25, -0.2) is 9.67 Å². The Labute approximate surface area is 200 Å². The molecule has 0 aliphatic carbocycles. The predicted octanol–water partition coefficient (Wildman–Crippen LogP) is 6.96. The van der Waals surface area contributed by atoms with E-state index in [1.165, 1.54) is 0 Å². The number of amides is 1. The number of carbonyl (C=O) groups excluding carboxylic acids is 1. The lowest BCUT2D eigenvalue weighted by Gasteiger charge is -2.07. The van der Waals surface area contributed by atoms with E-state index in [1.807, 2.05) is 73.7 Å². The molecular formula is C26H18Cl2N4O. The summed E-state index contributed by atoms with van der Waals surface area (Å²) in [6, 6.07) is 26.7. The average Bonchev–Trinajstić information content (AvgIpc) is 3.27. The van der Waals surface area contributed by atoms with Crippen molar-refractivity contribution in [1.82, 2.24) is 14.8 Å². The molecule has 0 fully saturated rings. The van der Waals surface area contributed by atoms with Crippen LogP contribution in [0.15, 0.2) is 84.9 Å². The van der Waals surface area contributed by atoms with Crippen LogP contribution in [-0.2, 0) is 0 Å². The van der Waals surface area contributed by atoms with E-state index in [4.69, 9.17) is 23.2 Å². The number of rotatable bonds is 4. The van der Waals surface area contributed by atoms with Crippen molar-refractivity contribution in [3.63, 3.8) is 0 Å². The Kier molecular flexibility index (Phi) is 5.58. The van der Waals surface area contributed by atoms with Gasteiger partial charge in [0.15, 0.2) is 5.82 Å². The summed E-state index contributed by atoms with van der Waals surface area (Å²) in [6.45, 7) is 2.01. The van der Waals surface area contributed by atoms with Crippen molar-refractivity contribution < 1.29 is 4.79 Å².